The van der Waals surface area contributed by atoms with E-state index in [2.05, 4.69) is 11.3 Å². The molecule has 0 fully saturated rings. The maximum Gasteiger partial charge on any atom is 0.489 e. The molecule has 0 saturated heterocycles. The predicted molar refractivity (Wildman–Crippen MR) is 117 cm³/mol. The van der Waals surface area contributed by atoms with Gasteiger partial charge in [0, 0.05) is 16.8 Å². The van der Waals surface area contributed by atoms with Crippen molar-refractivity contribution in [3.8, 4) is 0 Å². The van der Waals surface area contributed by atoms with Crippen LogP contribution in [0, 0.1) is 0 Å². The number of carbonyl (C=O) groups is 1. The number of amides is 1. The summed E-state index contributed by atoms with van der Waals surface area (Å²) in [6, 6.07) is -0.882. The number of hydrogen-bond acceptors (Lipinski definition) is 6. The van der Waals surface area contributed by atoms with E-state index in [1.807, 2.05) is 0 Å². The Morgan fingerprint density at radius 3 is 1.33 bits per heavy atom. The van der Waals surface area contributed by atoms with Gasteiger partial charge in [0.05, 0.1) is 0 Å². The Morgan fingerprint density at radius 1 is 0.615 bits per heavy atom. The van der Waals surface area contributed by atoms with E-state index in [0.29, 0.717) is 0 Å². The van der Waals surface area contributed by atoms with Gasteiger partial charge >= 0.3 is 73.6 Å². The van der Waals surface area contributed by atoms with E-state index in [4.69, 9.17) is 0 Å². The molecule has 3 unspecified atom stereocenters. The number of hydrogen-bond donors (Lipinski definition) is 3. The summed E-state index contributed by atoms with van der Waals surface area (Å²) in [6.45, 7) is 4.00. The van der Waals surface area contributed by atoms with E-state index in [0.717, 1.165) is 11.7 Å². The molecule has 0 saturated carbocycles. The number of anilines is 1. The molecule has 0 bridgehead atoms. The number of nitrogens with one attached hydrogen (secondary N) is 1. The van der Waals surface area contributed by atoms with Crippen molar-refractivity contribution in [2.24, 2.45) is 0 Å². The highest BCUT2D eigenvalue weighted by molar-refractivity contribution is 6.59. The van der Waals surface area contributed by atoms with Crippen LogP contribution in [0.25, 0.3) is 0 Å². The second-order valence-electron chi connectivity index (χ2n) is 9.62. The van der Waals surface area contributed by atoms with Gasteiger partial charge in [0.25, 0.3) is 5.91 Å². The van der Waals surface area contributed by atoms with Gasteiger partial charge in [-0.25, -0.2) is 0 Å². The maximum atomic E-state index is 15.4. The standard InChI is InChI=1S/C21H11BF23NO6/c1-6(2)10(47)46-7-3-4-8(9(5-7)22(48)49)11(23,15(28,29)30)50-20(42,43)13(26,17(34,35)36)52-21(44,45)14(27,18(37,38)39)51-19(40,41)12(24,25)16(31,32)33/h3-5,48-49H,1H2,2H3,(H,46,47). The summed E-state index contributed by atoms with van der Waals surface area (Å²) in [5.74, 6) is -33.9. The highest BCUT2D eigenvalue weighted by Crippen LogP contribution is 2.60. The molecular weight excluding hydrogens is 810 g/mol. The third kappa shape index (κ3) is 8.25. The first-order chi connectivity index (χ1) is 22.5. The van der Waals surface area contributed by atoms with Crippen LogP contribution in [-0.2, 0) is 24.9 Å². The first kappa shape index (κ1) is 46.7. The van der Waals surface area contributed by atoms with Crippen molar-refractivity contribution >= 4 is 24.2 Å². The number of halogens is 23. The summed E-state index contributed by atoms with van der Waals surface area (Å²) in [5.41, 5.74) is -6.55. The number of rotatable bonds is 13. The highest BCUT2D eigenvalue weighted by atomic mass is 19.4. The van der Waals surface area contributed by atoms with Crippen LogP contribution < -0.4 is 10.8 Å². The lowest BCUT2D eigenvalue weighted by Gasteiger charge is -2.43. The Kier molecular flexibility index (Phi) is 12.1. The van der Waals surface area contributed by atoms with Gasteiger partial charge in [-0.1, -0.05) is 12.6 Å². The van der Waals surface area contributed by atoms with Crippen molar-refractivity contribution in [3.05, 3.63) is 35.9 Å². The lowest BCUT2D eigenvalue weighted by molar-refractivity contribution is -0.580. The molecule has 3 atom stereocenters. The Bertz CT molecular complexity index is 1490. The van der Waals surface area contributed by atoms with Crippen LogP contribution >= 0.6 is 0 Å². The normalized spacial score (nSPS) is 17.9. The molecule has 1 aromatic carbocycles. The molecule has 0 spiro atoms. The molecule has 0 aromatic heterocycles. The SMILES string of the molecule is C=C(C)C(=O)Nc1ccc(C(F)(OC(F)(F)C(F)(OC(F)(F)C(F)(OC(F)(F)C(F)(F)C(F)(F)F)C(F)(F)F)C(F)(F)F)C(F)(F)F)c(B(O)O)c1. The van der Waals surface area contributed by atoms with Crippen LogP contribution in [0.5, 0.6) is 0 Å². The summed E-state index contributed by atoms with van der Waals surface area (Å²) in [4.78, 5) is 11.7. The van der Waals surface area contributed by atoms with E-state index < -0.39 is 108 Å². The highest BCUT2D eigenvalue weighted by Gasteiger charge is 2.88. The van der Waals surface area contributed by atoms with Crippen molar-refractivity contribution < 1.29 is 130 Å². The summed E-state index contributed by atoms with van der Waals surface area (Å²) in [7, 11) is -3.63. The van der Waals surface area contributed by atoms with Crippen LogP contribution in [0.15, 0.2) is 30.4 Å². The molecule has 3 N–H and O–H groups in total. The molecule has 1 rings (SSSR count). The predicted octanol–water partition coefficient (Wildman–Crippen LogP) is 7.05. The Hall–Kier alpha value is -3.32. The fourth-order valence-electron chi connectivity index (χ4n) is 3.11. The van der Waals surface area contributed by atoms with Crippen LogP contribution in [0.1, 0.15) is 12.5 Å². The molecule has 52 heavy (non-hydrogen) atoms. The van der Waals surface area contributed by atoms with Crippen molar-refractivity contribution in [3.63, 3.8) is 0 Å². The van der Waals surface area contributed by atoms with E-state index in [1.165, 1.54) is 4.74 Å². The van der Waals surface area contributed by atoms with E-state index in [1.54, 1.807) is 5.32 Å². The zero-order valence-corrected chi connectivity index (χ0v) is 23.7. The molecule has 0 heterocycles. The third-order valence-corrected chi connectivity index (χ3v) is 5.69. The second-order valence-corrected chi connectivity index (χ2v) is 9.62. The first-order valence-corrected chi connectivity index (χ1v) is 11.9. The minimum Gasteiger partial charge on any atom is -0.423 e. The zero-order valence-electron chi connectivity index (χ0n) is 23.7. The molecule has 7 nitrogen and oxygen atoms in total. The monoisotopic (exact) mass is 821 g/mol. The smallest absolute Gasteiger partial charge is 0.423 e. The van der Waals surface area contributed by atoms with Crippen LogP contribution in [0.2, 0.25) is 0 Å². The van der Waals surface area contributed by atoms with Crippen molar-refractivity contribution in [2.45, 2.75) is 73.4 Å². The summed E-state index contributed by atoms with van der Waals surface area (Å²) in [5, 5.41) is 20.3. The molecule has 1 amide bonds. The Labute approximate surface area is 270 Å². The second kappa shape index (κ2) is 13.5. The number of ether oxygens (including phenoxy) is 3. The van der Waals surface area contributed by atoms with Gasteiger partial charge in [-0.15, -0.1) is 0 Å². The van der Waals surface area contributed by atoms with Gasteiger partial charge in [-0.05, 0) is 24.5 Å². The molecular formula is C21H11BF23NO6. The van der Waals surface area contributed by atoms with Gasteiger partial charge in [-0.3, -0.25) is 19.0 Å². The number of carbonyl (C=O) groups excluding carboxylic acids is 1. The zero-order chi connectivity index (χ0) is 41.9. The topological polar surface area (TPSA) is 97.3 Å². The lowest BCUT2D eigenvalue weighted by atomic mass is 9.74. The fraction of sp³-hybridized carbons (Fsp3) is 0.571. The minimum atomic E-state index is -8.81. The van der Waals surface area contributed by atoms with Crippen LogP contribution in [0.4, 0.5) is 107 Å². The average Bonchev–Trinajstić information content (AvgIpc) is 2.89. The largest absolute Gasteiger partial charge is 0.489 e. The van der Waals surface area contributed by atoms with Crippen molar-refractivity contribution in [2.75, 3.05) is 5.32 Å². The fourth-order valence-corrected chi connectivity index (χ4v) is 3.11. The Balaban J connectivity index is 4.07. The van der Waals surface area contributed by atoms with Crippen molar-refractivity contribution in [1.29, 1.82) is 0 Å². The van der Waals surface area contributed by atoms with Crippen molar-refractivity contribution in [1.82, 2.24) is 0 Å². The first-order valence-electron chi connectivity index (χ1n) is 11.9. The number of alkyl halides is 23. The summed E-state index contributed by atoms with van der Waals surface area (Å²) in [6.07, 6.45) is -57.9. The summed E-state index contributed by atoms with van der Waals surface area (Å²) < 4.78 is 317. The molecule has 0 aliphatic carbocycles. The molecule has 0 radical (unpaired) electrons. The average molecular weight is 821 g/mol. The van der Waals surface area contributed by atoms with Gasteiger partial charge < -0.3 is 15.4 Å². The Morgan fingerprint density at radius 2 is 1.00 bits per heavy atom. The van der Waals surface area contributed by atoms with Gasteiger partial charge in [0.1, 0.15) is 0 Å². The molecule has 300 valence electrons. The van der Waals surface area contributed by atoms with Crippen LogP contribution in [-0.4, -0.2) is 83.7 Å². The van der Waals surface area contributed by atoms with Gasteiger partial charge in [0.15, 0.2) is 0 Å². The van der Waals surface area contributed by atoms with Gasteiger partial charge in [-0.2, -0.15) is 101 Å². The van der Waals surface area contributed by atoms with Crippen LogP contribution in [0.3, 0.4) is 0 Å². The molecule has 0 aliphatic heterocycles. The number of benzene rings is 1. The maximum absolute atomic E-state index is 15.4. The summed E-state index contributed by atoms with van der Waals surface area (Å²) >= 11 is 0. The molecule has 1 aromatic rings. The molecule has 0 aliphatic rings. The minimum absolute atomic E-state index is 0.0459. The third-order valence-electron chi connectivity index (χ3n) is 5.69. The van der Waals surface area contributed by atoms with E-state index in [-0.39, 0.29) is 12.1 Å². The van der Waals surface area contributed by atoms with E-state index in [9.17, 15) is 111 Å². The van der Waals surface area contributed by atoms with Gasteiger partial charge in [0.2, 0.25) is 0 Å². The quantitative estimate of drug-likeness (QED) is 0.112. The lowest BCUT2D eigenvalue weighted by Crippen LogP contribution is -2.70. The molecule has 31 heteroatoms. The van der Waals surface area contributed by atoms with E-state index >= 15 is 4.39 Å².